The van der Waals surface area contributed by atoms with Crippen LogP contribution in [-0.4, -0.2) is 35.7 Å². The van der Waals surface area contributed by atoms with Gasteiger partial charge in [-0.15, -0.1) is 0 Å². The lowest BCUT2D eigenvalue weighted by molar-refractivity contribution is -0.126. The number of hydrogen-bond acceptors (Lipinski definition) is 2. The second-order valence-electron chi connectivity index (χ2n) is 8.37. The summed E-state index contributed by atoms with van der Waals surface area (Å²) < 4.78 is 0. The molecule has 4 fully saturated rings. The van der Waals surface area contributed by atoms with Gasteiger partial charge in [0.15, 0.2) is 0 Å². The zero-order valence-electron chi connectivity index (χ0n) is 12.9. The molecule has 2 nitrogen and oxygen atoms in total. The molecule has 4 saturated carbocycles. The monoisotopic (exact) mass is 275 g/mol. The molecule has 0 aromatic heterocycles. The lowest BCUT2D eigenvalue weighted by atomic mass is 9.48. The van der Waals surface area contributed by atoms with Crippen molar-refractivity contribution in [3.63, 3.8) is 0 Å². The Bertz CT molecular complexity index is 378. The highest BCUT2D eigenvalue weighted by molar-refractivity contribution is 5.07. The normalized spacial score (nSPS) is 45.5. The van der Waals surface area contributed by atoms with E-state index in [0.29, 0.717) is 5.41 Å². The van der Waals surface area contributed by atoms with Gasteiger partial charge in [-0.3, -0.25) is 4.90 Å². The number of aliphatic hydroxyl groups excluding tert-OH is 1. The van der Waals surface area contributed by atoms with Gasteiger partial charge in [0.25, 0.3) is 0 Å². The van der Waals surface area contributed by atoms with E-state index in [4.69, 9.17) is 0 Å². The first-order valence-corrected chi connectivity index (χ1v) is 8.69. The van der Waals surface area contributed by atoms with Crippen molar-refractivity contribution in [3.8, 4) is 0 Å². The Hall–Kier alpha value is -0.340. The van der Waals surface area contributed by atoms with E-state index in [9.17, 15) is 5.11 Å². The van der Waals surface area contributed by atoms with Gasteiger partial charge in [0, 0.05) is 19.6 Å². The van der Waals surface area contributed by atoms with E-state index in [2.05, 4.69) is 17.9 Å². The summed E-state index contributed by atoms with van der Waals surface area (Å²) in [7, 11) is 0. The Morgan fingerprint density at radius 3 is 2.35 bits per heavy atom. The molecule has 0 aromatic carbocycles. The fraction of sp³-hybridized carbons (Fsp3) is 0.889. The van der Waals surface area contributed by atoms with Crippen LogP contribution in [0.3, 0.4) is 0 Å². The molecule has 1 aliphatic heterocycles. The molecule has 4 bridgehead atoms. The molecule has 1 heterocycles. The minimum absolute atomic E-state index is 0.0817. The molecule has 1 unspecified atom stereocenters. The summed E-state index contributed by atoms with van der Waals surface area (Å²) in [6.45, 7) is 5.35. The SMILES string of the molecule is CC1=CCCN(CC(O)C23CC4CC(CC(C4)C2)C3)C1. The summed E-state index contributed by atoms with van der Waals surface area (Å²) in [6.07, 6.45) is 11.8. The van der Waals surface area contributed by atoms with Crippen molar-refractivity contribution in [2.24, 2.45) is 23.2 Å². The number of aliphatic hydroxyl groups is 1. The quantitative estimate of drug-likeness (QED) is 0.800. The van der Waals surface area contributed by atoms with Crippen LogP contribution in [0.5, 0.6) is 0 Å². The number of rotatable bonds is 3. The van der Waals surface area contributed by atoms with E-state index in [1.807, 2.05) is 0 Å². The fourth-order valence-electron chi connectivity index (χ4n) is 6.17. The molecule has 0 radical (unpaired) electrons. The van der Waals surface area contributed by atoms with Crippen molar-refractivity contribution < 1.29 is 5.11 Å². The zero-order valence-corrected chi connectivity index (χ0v) is 12.9. The van der Waals surface area contributed by atoms with E-state index in [0.717, 1.165) is 37.4 Å². The highest BCUT2D eigenvalue weighted by Gasteiger charge is 2.54. The van der Waals surface area contributed by atoms with Crippen LogP contribution in [0.15, 0.2) is 11.6 Å². The van der Waals surface area contributed by atoms with Gasteiger partial charge in [0.05, 0.1) is 6.10 Å². The van der Waals surface area contributed by atoms with E-state index >= 15 is 0 Å². The van der Waals surface area contributed by atoms with Crippen LogP contribution in [-0.2, 0) is 0 Å². The molecule has 5 aliphatic rings. The first-order chi connectivity index (χ1) is 9.63. The molecule has 0 spiro atoms. The third-order valence-electron chi connectivity index (χ3n) is 6.63. The van der Waals surface area contributed by atoms with Gasteiger partial charge in [-0.05, 0) is 75.0 Å². The third kappa shape index (κ3) is 2.25. The molecular formula is C18H29NO. The number of nitrogens with zero attached hydrogens (tertiary/aromatic N) is 1. The van der Waals surface area contributed by atoms with Gasteiger partial charge in [-0.1, -0.05) is 11.6 Å². The summed E-state index contributed by atoms with van der Waals surface area (Å²) in [5, 5.41) is 11.0. The van der Waals surface area contributed by atoms with Crippen LogP contribution in [0.25, 0.3) is 0 Å². The molecule has 20 heavy (non-hydrogen) atoms. The van der Waals surface area contributed by atoms with Gasteiger partial charge in [-0.25, -0.2) is 0 Å². The van der Waals surface area contributed by atoms with Crippen molar-refractivity contribution >= 4 is 0 Å². The maximum absolute atomic E-state index is 11.0. The van der Waals surface area contributed by atoms with E-state index < -0.39 is 0 Å². The Morgan fingerprint density at radius 2 is 1.80 bits per heavy atom. The minimum atomic E-state index is -0.0817. The van der Waals surface area contributed by atoms with Gasteiger partial charge in [0.2, 0.25) is 0 Å². The van der Waals surface area contributed by atoms with Crippen LogP contribution < -0.4 is 0 Å². The summed E-state index contributed by atoms with van der Waals surface area (Å²) in [5.74, 6) is 2.83. The van der Waals surface area contributed by atoms with Crippen molar-refractivity contribution in [2.75, 3.05) is 19.6 Å². The Labute approximate surface area is 123 Å². The highest BCUT2D eigenvalue weighted by atomic mass is 16.3. The second kappa shape index (κ2) is 4.84. The molecule has 2 heteroatoms. The van der Waals surface area contributed by atoms with Gasteiger partial charge in [-0.2, -0.15) is 0 Å². The first-order valence-electron chi connectivity index (χ1n) is 8.69. The Balaban J connectivity index is 1.45. The van der Waals surface area contributed by atoms with E-state index in [1.54, 1.807) is 0 Å². The zero-order chi connectivity index (χ0) is 13.7. The summed E-state index contributed by atoms with van der Waals surface area (Å²) >= 11 is 0. The summed E-state index contributed by atoms with van der Waals surface area (Å²) in [4.78, 5) is 2.48. The van der Waals surface area contributed by atoms with Crippen LogP contribution >= 0.6 is 0 Å². The van der Waals surface area contributed by atoms with Gasteiger partial charge in [0.1, 0.15) is 0 Å². The number of hydrogen-bond donors (Lipinski definition) is 1. The topological polar surface area (TPSA) is 23.5 Å². The highest BCUT2D eigenvalue weighted by Crippen LogP contribution is 2.61. The molecule has 0 amide bonds. The van der Waals surface area contributed by atoms with E-state index in [-0.39, 0.29) is 6.10 Å². The smallest absolute Gasteiger partial charge is 0.0723 e. The third-order valence-corrected chi connectivity index (χ3v) is 6.63. The predicted octanol–water partition coefficient (Wildman–Crippen LogP) is 3.22. The minimum Gasteiger partial charge on any atom is -0.391 e. The maximum atomic E-state index is 11.0. The fourth-order valence-corrected chi connectivity index (χ4v) is 6.17. The van der Waals surface area contributed by atoms with Crippen LogP contribution in [0.1, 0.15) is 51.9 Å². The van der Waals surface area contributed by atoms with Crippen molar-refractivity contribution in [2.45, 2.75) is 58.0 Å². The molecule has 4 aliphatic carbocycles. The lowest BCUT2D eigenvalue weighted by Gasteiger charge is -2.58. The molecule has 0 aromatic rings. The molecule has 112 valence electrons. The average molecular weight is 275 g/mol. The molecular weight excluding hydrogens is 246 g/mol. The second-order valence-corrected chi connectivity index (χ2v) is 8.37. The Kier molecular flexibility index (Phi) is 3.23. The maximum Gasteiger partial charge on any atom is 0.0723 e. The standard InChI is InChI=1S/C18H29NO/c1-13-3-2-4-19(11-13)12-17(20)18-8-14-5-15(9-18)7-16(6-14)10-18/h3,14-17,20H,2,4-12H2,1H3. The van der Waals surface area contributed by atoms with E-state index in [1.165, 1.54) is 50.5 Å². The lowest BCUT2D eigenvalue weighted by Crippen LogP contribution is -2.54. The average Bonchev–Trinajstić information content (AvgIpc) is 2.37. The van der Waals surface area contributed by atoms with Crippen LogP contribution in [0.4, 0.5) is 0 Å². The Morgan fingerprint density at radius 1 is 1.20 bits per heavy atom. The van der Waals surface area contributed by atoms with Crippen molar-refractivity contribution in [1.82, 2.24) is 4.90 Å². The number of β-amino-alcohol motifs (C(OH)–C–C–N with tert-alkyl or cyclic N) is 1. The molecule has 1 N–H and O–H groups in total. The molecule has 0 saturated heterocycles. The predicted molar refractivity (Wildman–Crippen MR) is 81.4 cm³/mol. The van der Waals surface area contributed by atoms with Crippen LogP contribution in [0.2, 0.25) is 0 Å². The molecule has 5 rings (SSSR count). The summed E-state index contributed by atoms with van der Waals surface area (Å²) in [6, 6.07) is 0. The van der Waals surface area contributed by atoms with Gasteiger partial charge < -0.3 is 5.11 Å². The largest absolute Gasteiger partial charge is 0.391 e. The van der Waals surface area contributed by atoms with Crippen LogP contribution in [0, 0.1) is 23.2 Å². The summed E-state index contributed by atoms with van der Waals surface area (Å²) in [5.41, 5.74) is 1.78. The van der Waals surface area contributed by atoms with Crippen molar-refractivity contribution in [3.05, 3.63) is 11.6 Å². The van der Waals surface area contributed by atoms with Gasteiger partial charge >= 0.3 is 0 Å². The first kappa shape index (κ1) is 13.3. The molecule has 1 atom stereocenters. The van der Waals surface area contributed by atoms with Crippen molar-refractivity contribution in [1.29, 1.82) is 0 Å².